The monoisotopic (exact) mass is 264 g/mol. The van der Waals surface area contributed by atoms with Gasteiger partial charge in [0.1, 0.15) is 6.61 Å². The third-order valence-electron chi connectivity index (χ3n) is 3.42. The highest BCUT2D eigenvalue weighted by molar-refractivity contribution is 5.32. The van der Waals surface area contributed by atoms with Gasteiger partial charge in [0.05, 0.1) is 6.10 Å². The maximum absolute atomic E-state index is 5.63. The predicted octanol–water partition coefficient (Wildman–Crippen LogP) is 4.25. The fourth-order valence-electron chi connectivity index (χ4n) is 2.43. The molecule has 0 fully saturated rings. The molecule has 0 aromatic heterocycles. The molecule has 1 nitrogen and oxygen atoms in total. The zero-order valence-electron chi connectivity index (χ0n) is 11.8. The lowest BCUT2D eigenvalue weighted by Crippen LogP contribution is -2.14. The van der Waals surface area contributed by atoms with Crippen LogP contribution in [0.25, 0.3) is 0 Å². The van der Waals surface area contributed by atoms with Gasteiger partial charge in [-0.15, -0.1) is 6.42 Å². The molecule has 0 saturated carbocycles. The Kier molecular flexibility index (Phi) is 5.41. The quantitative estimate of drug-likeness (QED) is 0.709. The predicted molar refractivity (Wildman–Crippen MR) is 83.6 cm³/mol. The summed E-state index contributed by atoms with van der Waals surface area (Å²) in [5.41, 5.74) is 2.63. The first-order chi connectivity index (χ1) is 9.81. The third kappa shape index (κ3) is 3.98. The van der Waals surface area contributed by atoms with E-state index >= 15 is 0 Å². The van der Waals surface area contributed by atoms with Crippen molar-refractivity contribution in [2.45, 2.75) is 25.4 Å². The van der Waals surface area contributed by atoms with Gasteiger partial charge in [0.25, 0.3) is 0 Å². The van der Waals surface area contributed by atoms with E-state index in [-0.39, 0.29) is 6.10 Å². The fraction of sp³-hybridized carbons (Fsp3) is 0.263. The molecule has 0 aliphatic carbocycles. The first-order valence-electron chi connectivity index (χ1n) is 6.96. The van der Waals surface area contributed by atoms with Gasteiger partial charge in [0, 0.05) is 5.92 Å². The van der Waals surface area contributed by atoms with Crippen LogP contribution in [0.3, 0.4) is 0 Å². The summed E-state index contributed by atoms with van der Waals surface area (Å²) in [4.78, 5) is 0. The summed E-state index contributed by atoms with van der Waals surface area (Å²) in [6.45, 7) is 2.45. The van der Waals surface area contributed by atoms with Crippen LogP contribution >= 0.6 is 0 Å². The molecule has 1 atom stereocenters. The second-order valence-corrected chi connectivity index (χ2v) is 4.94. The topological polar surface area (TPSA) is 9.23 Å². The van der Waals surface area contributed by atoms with Crippen molar-refractivity contribution in [1.82, 2.24) is 0 Å². The molecule has 0 radical (unpaired) electrons. The van der Waals surface area contributed by atoms with E-state index < -0.39 is 0 Å². The molecule has 0 spiro atoms. The highest BCUT2D eigenvalue weighted by Crippen LogP contribution is 2.29. The van der Waals surface area contributed by atoms with E-state index in [1.807, 2.05) is 12.1 Å². The Balaban J connectivity index is 2.20. The second-order valence-electron chi connectivity index (χ2n) is 4.94. The summed E-state index contributed by atoms with van der Waals surface area (Å²) in [6, 6.07) is 21.1. The first kappa shape index (κ1) is 14.4. The van der Waals surface area contributed by atoms with Gasteiger partial charge in [-0.05, 0) is 24.5 Å². The van der Waals surface area contributed by atoms with E-state index in [4.69, 9.17) is 11.2 Å². The first-order valence-corrected chi connectivity index (χ1v) is 6.96. The molecule has 2 aromatic carbocycles. The molecular formula is C19H20O. The number of terminal acetylenes is 1. The minimum absolute atomic E-state index is 0.136. The average Bonchev–Trinajstić information content (AvgIpc) is 2.52. The number of benzene rings is 2. The molecule has 0 saturated heterocycles. The van der Waals surface area contributed by atoms with Crippen LogP contribution < -0.4 is 0 Å². The summed E-state index contributed by atoms with van der Waals surface area (Å²) in [5, 5.41) is 0. The Morgan fingerprint density at radius 2 is 1.45 bits per heavy atom. The number of hydrogen-bond acceptors (Lipinski definition) is 1. The van der Waals surface area contributed by atoms with Gasteiger partial charge >= 0.3 is 0 Å². The smallest absolute Gasteiger partial charge is 0.107 e. The van der Waals surface area contributed by atoms with Gasteiger partial charge in [-0.3, -0.25) is 0 Å². The van der Waals surface area contributed by atoms with E-state index in [2.05, 4.69) is 61.4 Å². The number of rotatable bonds is 6. The van der Waals surface area contributed by atoms with Crippen LogP contribution in [0.1, 0.15) is 30.4 Å². The maximum Gasteiger partial charge on any atom is 0.107 e. The van der Waals surface area contributed by atoms with E-state index in [9.17, 15) is 0 Å². The van der Waals surface area contributed by atoms with Gasteiger partial charge in [-0.2, -0.15) is 0 Å². The highest BCUT2D eigenvalue weighted by atomic mass is 16.5. The Bertz CT molecular complexity index is 499. The molecule has 1 heteroatoms. The van der Waals surface area contributed by atoms with E-state index in [0.717, 1.165) is 6.42 Å². The zero-order valence-corrected chi connectivity index (χ0v) is 11.8. The Morgan fingerprint density at radius 3 is 1.90 bits per heavy atom. The summed E-state index contributed by atoms with van der Waals surface area (Å²) in [6.07, 6.45) is 6.32. The SMILES string of the molecule is C#CCOC(C)CC(c1ccccc1)c1ccccc1. The molecule has 0 N–H and O–H groups in total. The highest BCUT2D eigenvalue weighted by Gasteiger charge is 2.17. The lowest BCUT2D eigenvalue weighted by molar-refractivity contribution is 0.0825. The molecule has 2 rings (SSSR count). The Labute approximate surface area is 121 Å². The molecule has 2 aromatic rings. The van der Waals surface area contributed by atoms with E-state index in [1.54, 1.807) is 0 Å². The molecule has 0 heterocycles. The van der Waals surface area contributed by atoms with Gasteiger partial charge < -0.3 is 4.74 Å². The summed E-state index contributed by atoms with van der Waals surface area (Å²) >= 11 is 0. The fourth-order valence-corrected chi connectivity index (χ4v) is 2.43. The normalized spacial score (nSPS) is 12.1. The molecule has 20 heavy (non-hydrogen) atoms. The van der Waals surface area contributed by atoms with Gasteiger partial charge in [0.15, 0.2) is 0 Å². The molecule has 1 unspecified atom stereocenters. The third-order valence-corrected chi connectivity index (χ3v) is 3.42. The van der Waals surface area contributed by atoms with Crippen molar-refractivity contribution < 1.29 is 4.74 Å². The summed E-state index contributed by atoms with van der Waals surface area (Å²) < 4.78 is 5.63. The molecule has 0 amide bonds. The van der Waals surface area contributed by atoms with Crippen LogP contribution in [0.15, 0.2) is 60.7 Å². The van der Waals surface area contributed by atoms with Crippen LogP contribution in [0.2, 0.25) is 0 Å². The zero-order chi connectivity index (χ0) is 14.2. The largest absolute Gasteiger partial charge is 0.366 e. The lowest BCUT2D eigenvalue weighted by atomic mass is 9.87. The van der Waals surface area contributed by atoms with Crippen LogP contribution in [-0.4, -0.2) is 12.7 Å². The number of hydrogen-bond donors (Lipinski definition) is 0. The van der Waals surface area contributed by atoms with Gasteiger partial charge in [0.2, 0.25) is 0 Å². The van der Waals surface area contributed by atoms with E-state index in [0.29, 0.717) is 12.5 Å². The van der Waals surface area contributed by atoms with E-state index in [1.165, 1.54) is 11.1 Å². The summed E-state index contributed by atoms with van der Waals surface area (Å²) in [5.74, 6) is 2.87. The van der Waals surface area contributed by atoms with Crippen LogP contribution in [0.4, 0.5) is 0 Å². The van der Waals surface area contributed by atoms with Gasteiger partial charge in [-0.25, -0.2) is 0 Å². The minimum Gasteiger partial charge on any atom is -0.366 e. The molecule has 102 valence electrons. The average molecular weight is 264 g/mol. The van der Waals surface area contributed by atoms with Gasteiger partial charge in [-0.1, -0.05) is 66.6 Å². The molecule has 0 bridgehead atoms. The van der Waals surface area contributed by atoms with Crippen molar-refractivity contribution >= 4 is 0 Å². The Hall–Kier alpha value is -2.04. The standard InChI is InChI=1S/C19H20O/c1-3-14-20-16(2)15-19(17-10-6-4-7-11-17)18-12-8-5-9-13-18/h1,4-13,16,19H,14-15H2,2H3. The summed E-state index contributed by atoms with van der Waals surface area (Å²) in [7, 11) is 0. The number of ether oxygens (including phenoxy) is 1. The maximum atomic E-state index is 5.63. The van der Waals surface area contributed by atoms with Crippen molar-refractivity contribution in [1.29, 1.82) is 0 Å². The Morgan fingerprint density at radius 1 is 0.950 bits per heavy atom. The van der Waals surface area contributed by atoms with Crippen LogP contribution in [-0.2, 0) is 4.74 Å². The minimum atomic E-state index is 0.136. The molecule has 0 aliphatic rings. The van der Waals surface area contributed by atoms with Crippen LogP contribution in [0, 0.1) is 12.3 Å². The molecular weight excluding hydrogens is 244 g/mol. The van der Waals surface area contributed by atoms with Crippen molar-refractivity contribution in [3.05, 3.63) is 71.8 Å². The van der Waals surface area contributed by atoms with Crippen molar-refractivity contribution in [3.8, 4) is 12.3 Å². The van der Waals surface area contributed by atoms with Crippen molar-refractivity contribution in [3.63, 3.8) is 0 Å². The molecule has 0 aliphatic heterocycles. The lowest BCUT2D eigenvalue weighted by Gasteiger charge is -2.22. The van der Waals surface area contributed by atoms with Crippen LogP contribution in [0.5, 0.6) is 0 Å². The van der Waals surface area contributed by atoms with Crippen molar-refractivity contribution in [2.75, 3.05) is 6.61 Å². The second kappa shape index (κ2) is 7.53. The van der Waals surface area contributed by atoms with Crippen molar-refractivity contribution in [2.24, 2.45) is 0 Å².